The van der Waals surface area contributed by atoms with Crippen molar-refractivity contribution in [3.8, 4) is 11.1 Å². The van der Waals surface area contributed by atoms with Crippen LogP contribution >= 0.6 is 15.9 Å². The van der Waals surface area contributed by atoms with Gasteiger partial charge >= 0.3 is 0 Å². The maximum absolute atomic E-state index is 3.43. The van der Waals surface area contributed by atoms with Crippen LogP contribution in [0.15, 0.2) is 78.9 Å². The molecule has 0 unspecified atom stereocenters. The smallest absolute Gasteiger partial charge is 0.0270 e. The molecule has 19 heavy (non-hydrogen) atoms. The van der Waals surface area contributed by atoms with Crippen molar-refractivity contribution in [2.75, 3.05) is 0 Å². The SMILES string of the molecule is BrCc1ccc(-[c-]2cccc2)cc1.[Fe].[cH-]1[cH-][cH-][cH-][cH-]1. The van der Waals surface area contributed by atoms with Crippen LogP contribution in [0.5, 0.6) is 0 Å². The van der Waals surface area contributed by atoms with Gasteiger partial charge in [0.25, 0.3) is 0 Å². The quantitative estimate of drug-likeness (QED) is 0.329. The Morgan fingerprint density at radius 2 is 1.32 bits per heavy atom. The third-order valence-corrected chi connectivity index (χ3v) is 3.31. The summed E-state index contributed by atoms with van der Waals surface area (Å²) in [5.74, 6) is 0. The topological polar surface area (TPSA) is 0 Å². The average molecular weight is 355 g/mol. The Labute approximate surface area is 133 Å². The Hall–Kier alpha value is -1.08. The fraction of sp³-hybridized carbons (Fsp3) is 0.0588. The van der Waals surface area contributed by atoms with Crippen LogP contribution in [0.4, 0.5) is 0 Å². The van der Waals surface area contributed by atoms with E-state index < -0.39 is 0 Å². The van der Waals surface area contributed by atoms with E-state index in [1.54, 1.807) is 0 Å². The van der Waals surface area contributed by atoms with Crippen molar-refractivity contribution in [1.29, 1.82) is 0 Å². The van der Waals surface area contributed by atoms with E-state index in [0.29, 0.717) is 0 Å². The molecule has 0 saturated heterocycles. The monoisotopic (exact) mass is 354 g/mol. The van der Waals surface area contributed by atoms with Crippen LogP contribution in [0.3, 0.4) is 0 Å². The normalized spacial score (nSPS) is 9.11. The summed E-state index contributed by atoms with van der Waals surface area (Å²) in [6.45, 7) is 0. The third-order valence-electron chi connectivity index (χ3n) is 2.66. The number of benzene rings is 1. The first-order valence-corrected chi connectivity index (χ1v) is 7.06. The van der Waals surface area contributed by atoms with Gasteiger partial charge in [0.1, 0.15) is 0 Å². The van der Waals surface area contributed by atoms with E-state index in [9.17, 15) is 0 Å². The first-order valence-electron chi connectivity index (χ1n) is 5.94. The molecule has 3 rings (SSSR count). The molecule has 0 radical (unpaired) electrons. The maximum Gasteiger partial charge on any atom is 0.0270 e. The molecule has 0 saturated carbocycles. The Morgan fingerprint density at radius 3 is 1.74 bits per heavy atom. The van der Waals surface area contributed by atoms with Crippen LogP contribution in [0.1, 0.15) is 5.56 Å². The standard InChI is InChI=1S/C12H10Br.C5H5.Fe/c13-9-10-5-7-12(8-6-10)11-3-1-2-4-11;1-2-4-5-3-1;/h1-8H,9H2;1-5H;/q-1;-5;. The Kier molecular flexibility index (Phi) is 7.50. The molecule has 3 aromatic rings. The van der Waals surface area contributed by atoms with Gasteiger partial charge in [-0.1, -0.05) is 39.2 Å². The number of alkyl halides is 1. The second-order valence-corrected chi connectivity index (χ2v) is 4.53. The summed E-state index contributed by atoms with van der Waals surface area (Å²) >= 11 is 3.43. The van der Waals surface area contributed by atoms with Gasteiger partial charge in [0.2, 0.25) is 0 Å². The molecule has 0 fully saturated rings. The van der Waals surface area contributed by atoms with E-state index in [4.69, 9.17) is 0 Å². The molecule has 3 aromatic carbocycles. The first-order chi connectivity index (χ1) is 8.90. The number of hydrogen-bond acceptors (Lipinski definition) is 0. The minimum Gasteiger partial charge on any atom is -0.748 e. The molecule has 0 amide bonds. The minimum absolute atomic E-state index is 0. The van der Waals surface area contributed by atoms with Crippen LogP contribution in [0, 0.1) is 0 Å². The Bertz CT molecular complexity index is 504. The van der Waals surface area contributed by atoms with E-state index in [0.717, 1.165) is 5.33 Å². The summed E-state index contributed by atoms with van der Waals surface area (Å²) in [4.78, 5) is 0. The average Bonchev–Trinajstić information content (AvgIpc) is 3.14. The summed E-state index contributed by atoms with van der Waals surface area (Å²) < 4.78 is 0. The van der Waals surface area contributed by atoms with Gasteiger partial charge in [-0.15, -0.1) is 29.8 Å². The summed E-state index contributed by atoms with van der Waals surface area (Å²) in [5, 5.41) is 0.925. The van der Waals surface area contributed by atoms with Crippen molar-refractivity contribution in [2.24, 2.45) is 0 Å². The summed E-state index contributed by atoms with van der Waals surface area (Å²) in [7, 11) is 0. The van der Waals surface area contributed by atoms with Crippen molar-refractivity contribution in [1.82, 2.24) is 0 Å². The molecule has 0 atom stereocenters. The first kappa shape index (κ1) is 16.0. The van der Waals surface area contributed by atoms with Crippen molar-refractivity contribution in [3.63, 3.8) is 0 Å². The molecule has 0 bridgehead atoms. The molecule has 0 spiro atoms. The predicted octanol–water partition coefficient (Wildman–Crippen LogP) is 5.37. The molecule has 0 aliphatic rings. The molecule has 0 N–H and O–H groups in total. The second-order valence-electron chi connectivity index (χ2n) is 3.97. The van der Waals surface area contributed by atoms with Gasteiger partial charge in [-0.2, -0.15) is 12.1 Å². The maximum atomic E-state index is 3.43. The molecule has 0 aliphatic heterocycles. The van der Waals surface area contributed by atoms with Crippen molar-refractivity contribution in [2.45, 2.75) is 5.33 Å². The van der Waals surface area contributed by atoms with E-state index >= 15 is 0 Å². The number of rotatable bonds is 2. The van der Waals surface area contributed by atoms with Crippen LogP contribution in [-0.4, -0.2) is 0 Å². The molecule has 104 valence electrons. The fourth-order valence-electron chi connectivity index (χ4n) is 1.67. The molecule has 2 heteroatoms. The minimum atomic E-state index is 0. The molecule has 0 nitrogen and oxygen atoms in total. The summed E-state index contributed by atoms with van der Waals surface area (Å²) in [6, 6.07) is 27.0. The van der Waals surface area contributed by atoms with Gasteiger partial charge in [-0.3, -0.25) is 0 Å². The van der Waals surface area contributed by atoms with Gasteiger partial charge in [0.15, 0.2) is 0 Å². The molecule has 0 aromatic heterocycles. The van der Waals surface area contributed by atoms with Gasteiger partial charge < -0.3 is 30.3 Å². The van der Waals surface area contributed by atoms with Crippen LogP contribution in [0.2, 0.25) is 0 Å². The van der Waals surface area contributed by atoms with Gasteiger partial charge in [0.05, 0.1) is 0 Å². The zero-order chi connectivity index (χ0) is 12.6. The molecular weight excluding hydrogens is 340 g/mol. The Balaban J connectivity index is 0.000000256. The zero-order valence-electron chi connectivity index (χ0n) is 10.4. The van der Waals surface area contributed by atoms with E-state index in [2.05, 4.69) is 64.5 Å². The van der Waals surface area contributed by atoms with E-state index in [-0.39, 0.29) is 17.1 Å². The molecular formula is C17H15BrFe-6. The fourth-order valence-corrected chi connectivity index (χ4v) is 2.05. The van der Waals surface area contributed by atoms with Crippen LogP contribution in [-0.2, 0) is 22.4 Å². The zero-order valence-corrected chi connectivity index (χ0v) is 13.1. The summed E-state index contributed by atoms with van der Waals surface area (Å²) in [5.41, 5.74) is 3.89. The van der Waals surface area contributed by atoms with Crippen molar-refractivity contribution < 1.29 is 17.1 Å². The van der Waals surface area contributed by atoms with Gasteiger partial charge in [-0.25, -0.2) is 0 Å². The predicted molar refractivity (Wildman–Crippen MR) is 82.1 cm³/mol. The largest absolute Gasteiger partial charge is 0.748 e. The third kappa shape index (κ3) is 5.20. The van der Waals surface area contributed by atoms with E-state index in [1.807, 2.05) is 30.3 Å². The number of halogens is 1. The van der Waals surface area contributed by atoms with Gasteiger partial charge in [0, 0.05) is 22.4 Å². The molecule has 0 heterocycles. The summed E-state index contributed by atoms with van der Waals surface area (Å²) in [6.07, 6.45) is 0. The van der Waals surface area contributed by atoms with Crippen LogP contribution in [0.25, 0.3) is 11.1 Å². The van der Waals surface area contributed by atoms with Crippen molar-refractivity contribution in [3.05, 3.63) is 84.4 Å². The Morgan fingerprint density at radius 1 is 0.842 bits per heavy atom. The van der Waals surface area contributed by atoms with Crippen molar-refractivity contribution >= 4 is 15.9 Å². The second kappa shape index (κ2) is 8.92. The van der Waals surface area contributed by atoms with Gasteiger partial charge in [-0.05, 0) is 0 Å². The number of hydrogen-bond donors (Lipinski definition) is 0. The molecule has 0 aliphatic carbocycles. The van der Waals surface area contributed by atoms with E-state index in [1.165, 1.54) is 16.7 Å². The van der Waals surface area contributed by atoms with Crippen LogP contribution < -0.4 is 0 Å².